The molecule has 0 unspecified atom stereocenters. The number of nitrogens with zero attached hydrogens (tertiary/aromatic N) is 2. The summed E-state index contributed by atoms with van der Waals surface area (Å²) in [7, 11) is 0. The summed E-state index contributed by atoms with van der Waals surface area (Å²) in [5.41, 5.74) is 2.55. The van der Waals surface area contributed by atoms with Crippen molar-refractivity contribution in [3.8, 4) is 10.6 Å². The summed E-state index contributed by atoms with van der Waals surface area (Å²) in [5.74, 6) is -0.280. The first-order valence-electron chi connectivity index (χ1n) is 8.07. The molecule has 0 fully saturated rings. The topological polar surface area (TPSA) is 54.9 Å². The zero-order chi connectivity index (χ0) is 17.5. The van der Waals surface area contributed by atoms with Gasteiger partial charge in [0.05, 0.1) is 5.69 Å². The maximum Gasteiger partial charge on any atom is 0.220 e. The molecule has 128 valence electrons. The van der Waals surface area contributed by atoms with Gasteiger partial charge in [-0.25, -0.2) is 9.37 Å². The number of aryl methyl sites for hydroxylation is 1. The van der Waals surface area contributed by atoms with E-state index in [-0.39, 0.29) is 11.7 Å². The van der Waals surface area contributed by atoms with E-state index in [2.05, 4.69) is 15.3 Å². The first-order chi connectivity index (χ1) is 12.2. The van der Waals surface area contributed by atoms with Crippen molar-refractivity contribution in [3.05, 3.63) is 71.2 Å². The summed E-state index contributed by atoms with van der Waals surface area (Å²) >= 11 is 1.56. The third-order valence-electron chi connectivity index (χ3n) is 3.76. The van der Waals surface area contributed by atoms with Gasteiger partial charge in [0.15, 0.2) is 0 Å². The van der Waals surface area contributed by atoms with Crippen molar-refractivity contribution < 1.29 is 9.18 Å². The average Bonchev–Trinajstić information content (AvgIpc) is 3.11. The van der Waals surface area contributed by atoms with Crippen LogP contribution >= 0.6 is 11.3 Å². The zero-order valence-corrected chi connectivity index (χ0v) is 14.4. The van der Waals surface area contributed by atoms with Crippen molar-refractivity contribution in [3.63, 3.8) is 0 Å². The molecule has 2 heterocycles. The van der Waals surface area contributed by atoms with Gasteiger partial charge >= 0.3 is 0 Å². The second-order valence-electron chi connectivity index (χ2n) is 5.57. The highest BCUT2D eigenvalue weighted by Crippen LogP contribution is 2.23. The van der Waals surface area contributed by atoms with Crippen LogP contribution in [0.25, 0.3) is 10.6 Å². The molecule has 3 aromatic rings. The number of hydrogen-bond acceptors (Lipinski definition) is 4. The van der Waals surface area contributed by atoms with E-state index >= 15 is 0 Å². The fraction of sp³-hybridized carbons (Fsp3) is 0.211. The lowest BCUT2D eigenvalue weighted by Gasteiger charge is -2.05. The predicted molar refractivity (Wildman–Crippen MR) is 96.8 cm³/mol. The monoisotopic (exact) mass is 355 g/mol. The SMILES string of the molecule is O=C(CCc1csc(-c2ccncc2)n1)NCCc1ccccc1F. The molecule has 25 heavy (non-hydrogen) atoms. The fourth-order valence-corrected chi connectivity index (χ4v) is 3.28. The van der Waals surface area contributed by atoms with Gasteiger partial charge in [-0.05, 0) is 36.6 Å². The van der Waals surface area contributed by atoms with Crippen LogP contribution < -0.4 is 5.32 Å². The summed E-state index contributed by atoms with van der Waals surface area (Å²) in [5, 5.41) is 5.73. The third kappa shape index (κ3) is 4.93. The van der Waals surface area contributed by atoms with Crippen molar-refractivity contribution in [2.24, 2.45) is 0 Å². The maximum atomic E-state index is 13.5. The van der Waals surface area contributed by atoms with Gasteiger partial charge in [-0.15, -0.1) is 11.3 Å². The van der Waals surface area contributed by atoms with Gasteiger partial charge in [-0.3, -0.25) is 9.78 Å². The summed E-state index contributed by atoms with van der Waals surface area (Å²) in [6, 6.07) is 10.4. The minimum atomic E-state index is -0.233. The molecular weight excluding hydrogens is 337 g/mol. The van der Waals surface area contributed by atoms with Crippen LogP contribution in [0, 0.1) is 5.82 Å². The Balaban J connectivity index is 1.44. The lowest BCUT2D eigenvalue weighted by Crippen LogP contribution is -2.26. The minimum absolute atomic E-state index is 0.0465. The molecule has 3 rings (SSSR count). The molecule has 0 saturated heterocycles. The Hall–Kier alpha value is -2.60. The van der Waals surface area contributed by atoms with Gasteiger partial charge in [0, 0.05) is 36.3 Å². The summed E-state index contributed by atoms with van der Waals surface area (Å²) in [4.78, 5) is 20.5. The van der Waals surface area contributed by atoms with Gasteiger partial charge in [-0.1, -0.05) is 18.2 Å². The van der Waals surface area contributed by atoms with E-state index in [9.17, 15) is 9.18 Å². The number of benzene rings is 1. The Bertz CT molecular complexity index is 835. The first-order valence-corrected chi connectivity index (χ1v) is 8.95. The van der Waals surface area contributed by atoms with E-state index in [0.717, 1.165) is 16.3 Å². The molecule has 6 heteroatoms. The van der Waals surface area contributed by atoms with E-state index in [0.29, 0.717) is 31.4 Å². The van der Waals surface area contributed by atoms with Gasteiger partial charge in [-0.2, -0.15) is 0 Å². The van der Waals surface area contributed by atoms with E-state index in [1.165, 1.54) is 6.07 Å². The largest absolute Gasteiger partial charge is 0.356 e. The number of rotatable bonds is 7. The second kappa shape index (κ2) is 8.48. The Kier molecular flexibility index (Phi) is 5.85. The van der Waals surface area contributed by atoms with E-state index in [4.69, 9.17) is 0 Å². The molecule has 0 aliphatic rings. The summed E-state index contributed by atoms with van der Waals surface area (Å²) in [6.45, 7) is 0.430. The van der Waals surface area contributed by atoms with Gasteiger partial charge < -0.3 is 5.32 Å². The number of amides is 1. The van der Waals surface area contributed by atoms with Crippen molar-refractivity contribution in [2.45, 2.75) is 19.3 Å². The standard InChI is InChI=1S/C19H18FN3OS/c20-17-4-2-1-3-14(17)9-12-22-18(24)6-5-16-13-25-19(23-16)15-7-10-21-11-8-15/h1-4,7-8,10-11,13H,5-6,9,12H2,(H,22,24). The normalized spacial score (nSPS) is 10.6. The van der Waals surface area contributed by atoms with Crippen LogP contribution in [0.15, 0.2) is 54.2 Å². The maximum absolute atomic E-state index is 13.5. The van der Waals surface area contributed by atoms with Crippen LogP contribution in [0.4, 0.5) is 4.39 Å². The van der Waals surface area contributed by atoms with Crippen LogP contribution in [0.3, 0.4) is 0 Å². The number of thiazole rings is 1. The molecule has 0 saturated carbocycles. The molecule has 0 spiro atoms. The number of nitrogens with one attached hydrogen (secondary N) is 1. The first kappa shape index (κ1) is 17.2. The number of carbonyl (C=O) groups is 1. The van der Waals surface area contributed by atoms with E-state index < -0.39 is 0 Å². The molecule has 1 amide bonds. The molecule has 1 N–H and O–H groups in total. The van der Waals surface area contributed by atoms with Crippen LogP contribution in [0.1, 0.15) is 17.7 Å². The number of hydrogen-bond donors (Lipinski definition) is 1. The molecule has 1 aromatic carbocycles. The predicted octanol–water partition coefficient (Wildman–Crippen LogP) is 3.64. The van der Waals surface area contributed by atoms with Crippen LogP contribution in [0.5, 0.6) is 0 Å². The molecule has 0 aliphatic heterocycles. The van der Waals surface area contributed by atoms with Crippen molar-refractivity contribution >= 4 is 17.2 Å². The van der Waals surface area contributed by atoms with E-state index in [1.54, 1.807) is 41.9 Å². The van der Waals surface area contributed by atoms with Crippen LogP contribution in [-0.4, -0.2) is 22.4 Å². The Morgan fingerprint density at radius 1 is 1.12 bits per heavy atom. The Morgan fingerprint density at radius 3 is 2.72 bits per heavy atom. The van der Waals surface area contributed by atoms with Crippen molar-refractivity contribution in [2.75, 3.05) is 6.54 Å². The summed E-state index contributed by atoms with van der Waals surface area (Å²) < 4.78 is 13.5. The Morgan fingerprint density at radius 2 is 1.92 bits per heavy atom. The number of pyridine rings is 1. The fourth-order valence-electron chi connectivity index (χ4n) is 2.42. The molecule has 0 atom stereocenters. The molecule has 0 aliphatic carbocycles. The lowest BCUT2D eigenvalue weighted by molar-refractivity contribution is -0.121. The van der Waals surface area contributed by atoms with Gasteiger partial charge in [0.2, 0.25) is 5.91 Å². The Labute approximate surface area is 149 Å². The molecule has 0 radical (unpaired) electrons. The smallest absolute Gasteiger partial charge is 0.220 e. The number of carbonyl (C=O) groups excluding carboxylic acids is 1. The molecule has 2 aromatic heterocycles. The molecule has 0 bridgehead atoms. The zero-order valence-electron chi connectivity index (χ0n) is 13.6. The second-order valence-corrected chi connectivity index (χ2v) is 6.43. The van der Waals surface area contributed by atoms with Crippen molar-refractivity contribution in [1.82, 2.24) is 15.3 Å². The highest BCUT2D eigenvalue weighted by atomic mass is 32.1. The van der Waals surface area contributed by atoms with Gasteiger partial charge in [0.1, 0.15) is 10.8 Å². The minimum Gasteiger partial charge on any atom is -0.356 e. The highest BCUT2D eigenvalue weighted by molar-refractivity contribution is 7.13. The third-order valence-corrected chi connectivity index (χ3v) is 4.70. The molecule has 4 nitrogen and oxygen atoms in total. The molecular formula is C19H18FN3OS. The van der Waals surface area contributed by atoms with Crippen LogP contribution in [-0.2, 0) is 17.6 Å². The van der Waals surface area contributed by atoms with Gasteiger partial charge in [0.25, 0.3) is 0 Å². The quantitative estimate of drug-likeness (QED) is 0.704. The summed E-state index contributed by atoms with van der Waals surface area (Å²) in [6.07, 6.45) is 4.92. The number of halogens is 1. The highest BCUT2D eigenvalue weighted by Gasteiger charge is 2.08. The van der Waals surface area contributed by atoms with Crippen molar-refractivity contribution in [1.29, 1.82) is 0 Å². The number of aromatic nitrogens is 2. The lowest BCUT2D eigenvalue weighted by atomic mass is 10.1. The average molecular weight is 355 g/mol. The van der Waals surface area contributed by atoms with Crippen LogP contribution in [0.2, 0.25) is 0 Å². The van der Waals surface area contributed by atoms with E-state index in [1.807, 2.05) is 17.5 Å².